The van der Waals surface area contributed by atoms with E-state index >= 15 is 0 Å². The van der Waals surface area contributed by atoms with Crippen molar-refractivity contribution in [3.8, 4) is 11.4 Å². The summed E-state index contributed by atoms with van der Waals surface area (Å²) < 4.78 is 1.38. The third-order valence-electron chi connectivity index (χ3n) is 4.26. The molecule has 0 fully saturated rings. The zero-order chi connectivity index (χ0) is 19.5. The highest BCUT2D eigenvalue weighted by atomic mass is 16.2. The predicted octanol–water partition coefficient (Wildman–Crippen LogP) is 1.11. The van der Waals surface area contributed by atoms with E-state index in [2.05, 4.69) is 30.2 Å². The standard InChI is InChI=1S/C19H15N7O2/c1-26-16(25-15(8-17(26)27)14-4-6-21-11-24-14)10-23-19(28)18-13-3-5-20-9-12(13)2-7-22-18/h2-9,11H,10H2,1H3,(H,23,28). The third kappa shape index (κ3) is 3.32. The van der Waals surface area contributed by atoms with E-state index in [1.54, 1.807) is 50.0 Å². The Hall–Kier alpha value is -4.01. The lowest BCUT2D eigenvalue weighted by Gasteiger charge is -2.11. The van der Waals surface area contributed by atoms with Crippen molar-refractivity contribution in [3.05, 3.63) is 77.3 Å². The molecule has 0 aliphatic heterocycles. The van der Waals surface area contributed by atoms with Crippen LogP contribution in [0.2, 0.25) is 0 Å². The zero-order valence-electron chi connectivity index (χ0n) is 14.9. The molecule has 0 aromatic carbocycles. The van der Waals surface area contributed by atoms with E-state index in [1.807, 2.05) is 0 Å². The molecule has 9 heteroatoms. The summed E-state index contributed by atoms with van der Waals surface area (Å²) >= 11 is 0. The number of rotatable bonds is 4. The van der Waals surface area contributed by atoms with Crippen LogP contribution in [0.4, 0.5) is 0 Å². The van der Waals surface area contributed by atoms with Crippen LogP contribution in [-0.2, 0) is 13.6 Å². The molecule has 0 unspecified atom stereocenters. The monoisotopic (exact) mass is 373 g/mol. The van der Waals surface area contributed by atoms with Crippen molar-refractivity contribution >= 4 is 16.7 Å². The van der Waals surface area contributed by atoms with Crippen LogP contribution in [0.5, 0.6) is 0 Å². The molecule has 4 aromatic rings. The fraction of sp³-hybridized carbons (Fsp3) is 0.105. The van der Waals surface area contributed by atoms with Crippen molar-refractivity contribution in [2.75, 3.05) is 0 Å². The highest BCUT2D eigenvalue weighted by molar-refractivity contribution is 6.04. The molecule has 4 aromatic heterocycles. The van der Waals surface area contributed by atoms with E-state index in [4.69, 9.17) is 0 Å². The molecule has 1 amide bonds. The first kappa shape index (κ1) is 17.4. The first-order chi connectivity index (χ1) is 13.6. The first-order valence-corrected chi connectivity index (χ1v) is 8.44. The average Bonchev–Trinajstić information content (AvgIpc) is 2.74. The highest BCUT2D eigenvalue weighted by Gasteiger charge is 2.14. The number of aromatic nitrogens is 6. The van der Waals surface area contributed by atoms with E-state index < -0.39 is 0 Å². The zero-order valence-corrected chi connectivity index (χ0v) is 14.9. The summed E-state index contributed by atoms with van der Waals surface area (Å²) in [6.45, 7) is 0.0622. The van der Waals surface area contributed by atoms with Gasteiger partial charge in [0.05, 0.1) is 17.9 Å². The minimum atomic E-state index is -0.363. The molecule has 28 heavy (non-hydrogen) atoms. The van der Waals surface area contributed by atoms with Gasteiger partial charge in [-0.3, -0.25) is 24.1 Å². The van der Waals surface area contributed by atoms with Crippen LogP contribution in [0.25, 0.3) is 22.2 Å². The second kappa shape index (κ2) is 7.31. The van der Waals surface area contributed by atoms with Crippen LogP contribution in [0.15, 0.2) is 60.2 Å². The van der Waals surface area contributed by atoms with E-state index in [-0.39, 0.29) is 23.7 Å². The van der Waals surface area contributed by atoms with E-state index in [0.29, 0.717) is 22.6 Å². The third-order valence-corrected chi connectivity index (χ3v) is 4.26. The van der Waals surface area contributed by atoms with Gasteiger partial charge in [-0.15, -0.1) is 0 Å². The fourth-order valence-corrected chi connectivity index (χ4v) is 2.76. The van der Waals surface area contributed by atoms with Gasteiger partial charge >= 0.3 is 0 Å². The Balaban J connectivity index is 1.62. The smallest absolute Gasteiger partial charge is 0.270 e. The van der Waals surface area contributed by atoms with Crippen LogP contribution in [0.3, 0.4) is 0 Å². The number of nitrogens with zero attached hydrogens (tertiary/aromatic N) is 6. The normalized spacial score (nSPS) is 10.8. The SMILES string of the molecule is Cn1c(CNC(=O)c2nccc3cnccc23)nc(-c2ccncn2)cc1=O. The van der Waals surface area contributed by atoms with Gasteiger partial charge in [0, 0.05) is 48.7 Å². The van der Waals surface area contributed by atoms with Gasteiger partial charge in [-0.05, 0) is 18.2 Å². The van der Waals surface area contributed by atoms with Gasteiger partial charge < -0.3 is 5.32 Å². The molecular formula is C19H15N7O2. The van der Waals surface area contributed by atoms with Gasteiger partial charge in [-0.1, -0.05) is 0 Å². The first-order valence-electron chi connectivity index (χ1n) is 8.44. The Morgan fingerprint density at radius 1 is 1.07 bits per heavy atom. The molecule has 9 nitrogen and oxygen atoms in total. The van der Waals surface area contributed by atoms with Crippen molar-refractivity contribution in [1.29, 1.82) is 0 Å². The lowest BCUT2D eigenvalue weighted by atomic mass is 10.1. The molecule has 0 bridgehead atoms. The number of fused-ring (bicyclic) bond motifs is 1. The van der Waals surface area contributed by atoms with Crippen LogP contribution in [0.1, 0.15) is 16.3 Å². The Morgan fingerprint density at radius 3 is 2.75 bits per heavy atom. The van der Waals surface area contributed by atoms with Gasteiger partial charge in [0.15, 0.2) is 0 Å². The molecule has 4 rings (SSSR count). The molecule has 138 valence electrons. The maximum Gasteiger partial charge on any atom is 0.270 e. The number of hydrogen-bond donors (Lipinski definition) is 1. The van der Waals surface area contributed by atoms with E-state index in [1.165, 1.54) is 17.0 Å². The Kier molecular flexibility index (Phi) is 4.55. The molecule has 0 spiro atoms. The molecule has 0 saturated heterocycles. The van der Waals surface area contributed by atoms with Gasteiger partial charge in [0.2, 0.25) is 0 Å². The Bertz CT molecular complexity index is 1220. The summed E-state index contributed by atoms with van der Waals surface area (Å²) in [6.07, 6.45) is 7.80. The molecule has 0 aliphatic carbocycles. The molecule has 0 radical (unpaired) electrons. The Morgan fingerprint density at radius 2 is 1.93 bits per heavy atom. The molecular weight excluding hydrogens is 358 g/mol. The minimum absolute atomic E-state index is 0.0622. The lowest BCUT2D eigenvalue weighted by molar-refractivity contribution is 0.0946. The van der Waals surface area contributed by atoms with Crippen LogP contribution < -0.4 is 10.9 Å². The van der Waals surface area contributed by atoms with E-state index in [9.17, 15) is 9.59 Å². The number of carbonyl (C=O) groups is 1. The van der Waals surface area contributed by atoms with Gasteiger partial charge in [-0.25, -0.2) is 15.0 Å². The largest absolute Gasteiger partial charge is 0.343 e. The summed E-state index contributed by atoms with van der Waals surface area (Å²) in [5.74, 6) is 0.0369. The summed E-state index contributed by atoms with van der Waals surface area (Å²) in [6, 6.07) is 6.58. The number of carbonyl (C=O) groups excluding carboxylic acids is 1. The molecule has 0 atom stereocenters. The summed E-state index contributed by atoms with van der Waals surface area (Å²) in [7, 11) is 1.60. The topological polar surface area (TPSA) is 116 Å². The fourth-order valence-electron chi connectivity index (χ4n) is 2.76. The van der Waals surface area contributed by atoms with Crippen LogP contribution in [0, 0.1) is 0 Å². The van der Waals surface area contributed by atoms with Gasteiger partial charge in [-0.2, -0.15) is 0 Å². The van der Waals surface area contributed by atoms with Crippen LogP contribution >= 0.6 is 0 Å². The maximum atomic E-state index is 12.7. The van der Waals surface area contributed by atoms with Crippen molar-refractivity contribution in [2.24, 2.45) is 7.05 Å². The van der Waals surface area contributed by atoms with E-state index in [0.717, 1.165) is 5.39 Å². The van der Waals surface area contributed by atoms with Crippen molar-refractivity contribution in [3.63, 3.8) is 0 Å². The molecule has 0 aliphatic rings. The number of pyridine rings is 2. The maximum absolute atomic E-state index is 12.7. The second-order valence-corrected chi connectivity index (χ2v) is 5.99. The van der Waals surface area contributed by atoms with Gasteiger partial charge in [0.1, 0.15) is 17.8 Å². The summed E-state index contributed by atoms with van der Waals surface area (Å²) in [5, 5.41) is 4.30. The number of hydrogen-bond acceptors (Lipinski definition) is 7. The average molecular weight is 373 g/mol. The van der Waals surface area contributed by atoms with Crippen LogP contribution in [-0.4, -0.2) is 35.4 Å². The number of nitrogens with one attached hydrogen (secondary N) is 1. The van der Waals surface area contributed by atoms with Crippen molar-refractivity contribution in [1.82, 2.24) is 34.8 Å². The van der Waals surface area contributed by atoms with Crippen molar-refractivity contribution < 1.29 is 4.79 Å². The molecule has 1 N–H and O–H groups in total. The Labute approximate surface area is 159 Å². The molecule has 0 saturated carbocycles. The highest BCUT2D eigenvalue weighted by Crippen LogP contribution is 2.15. The van der Waals surface area contributed by atoms with Gasteiger partial charge in [0.25, 0.3) is 11.5 Å². The van der Waals surface area contributed by atoms with Crippen molar-refractivity contribution in [2.45, 2.75) is 6.54 Å². The number of amides is 1. The summed E-state index contributed by atoms with van der Waals surface area (Å²) in [5.41, 5.74) is 0.992. The quantitative estimate of drug-likeness (QED) is 0.570. The second-order valence-electron chi connectivity index (χ2n) is 5.99. The summed E-state index contributed by atoms with van der Waals surface area (Å²) in [4.78, 5) is 45.6. The lowest BCUT2D eigenvalue weighted by Crippen LogP contribution is -2.30. The molecule has 4 heterocycles. The predicted molar refractivity (Wildman–Crippen MR) is 101 cm³/mol. The minimum Gasteiger partial charge on any atom is -0.343 e.